The van der Waals surface area contributed by atoms with E-state index in [1.165, 1.54) is 0 Å². The molecule has 0 bridgehead atoms. The van der Waals surface area contributed by atoms with E-state index in [0.29, 0.717) is 25.5 Å². The third kappa shape index (κ3) is 6.90. The standard InChI is InChI=1S/C20H30N4O2S/c1-5-26-17-10-8-16(9-11-17)13-19(25)21-12-6-7-18-22-23-20(27-4)24(18)14-15(2)3/h8-11,15H,5-7,12-14H2,1-4H3,(H,21,25). The van der Waals surface area contributed by atoms with Gasteiger partial charge in [0.05, 0.1) is 13.0 Å². The number of carbonyl (C=O) groups excluding carboxylic acids is 1. The van der Waals surface area contributed by atoms with Crippen LogP contribution in [0.2, 0.25) is 0 Å². The van der Waals surface area contributed by atoms with E-state index in [-0.39, 0.29) is 5.91 Å². The Labute approximate surface area is 166 Å². The zero-order chi connectivity index (χ0) is 19.6. The Kier molecular flexibility index (Phi) is 8.64. The molecule has 0 aliphatic carbocycles. The number of aryl methyl sites for hydroxylation is 1. The number of benzene rings is 1. The van der Waals surface area contributed by atoms with E-state index in [0.717, 1.165) is 41.7 Å². The van der Waals surface area contributed by atoms with E-state index in [1.807, 2.05) is 37.4 Å². The summed E-state index contributed by atoms with van der Waals surface area (Å²) in [6, 6.07) is 7.67. The Balaban J connectivity index is 1.76. The summed E-state index contributed by atoms with van der Waals surface area (Å²) < 4.78 is 7.61. The average molecular weight is 391 g/mol. The summed E-state index contributed by atoms with van der Waals surface area (Å²) in [6.45, 7) is 8.53. The molecule has 0 atom stereocenters. The van der Waals surface area contributed by atoms with Crippen LogP contribution in [0.1, 0.15) is 38.6 Å². The van der Waals surface area contributed by atoms with E-state index in [2.05, 4.69) is 33.9 Å². The highest BCUT2D eigenvalue weighted by Crippen LogP contribution is 2.16. The lowest BCUT2D eigenvalue weighted by Crippen LogP contribution is -2.26. The van der Waals surface area contributed by atoms with Crippen molar-refractivity contribution in [3.05, 3.63) is 35.7 Å². The number of hydrogen-bond acceptors (Lipinski definition) is 5. The second-order valence-corrected chi connectivity index (χ2v) is 7.59. The number of rotatable bonds is 11. The molecule has 6 nitrogen and oxygen atoms in total. The molecule has 7 heteroatoms. The van der Waals surface area contributed by atoms with Gasteiger partial charge in [0.15, 0.2) is 5.16 Å². The first-order chi connectivity index (χ1) is 13.0. The molecule has 1 heterocycles. The van der Waals surface area contributed by atoms with Crippen LogP contribution in [-0.2, 0) is 24.2 Å². The quantitative estimate of drug-likeness (QED) is 0.471. The largest absolute Gasteiger partial charge is 0.494 e. The first kappa shape index (κ1) is 21.3. The molecular weight excluding hydrogens is 360 g/mol. The van der Waals surface area contributed by atoms with Crippen molar-refractivity contribution >= 4 is 17.7 Å². The van der Waals surface area contributed by atoms with Gasteiger partial charge in [-0.25, -0.2) is 0 Å². The van der Waals surface area contributed by atoms with Gasteiger partial charge in [0, 0.05) is 19.5 Å². The molecule has 0 radical (unpaired) electrons. The average Bonchev–Trinajstić information content (AvgIpc) is 3.01. The Morgan fingerprint density at radius 3 is 2.63 bits per heavy atom. The highest BCUT2D eigenvalue weighted by atomic mass is 32.2. The Bertz CT molecular complexity index is 713. The first-order valence-electron chi connectivity index (χ1n) is 9.48. The molecule has 2 rings (SSSR count). The second kappa shape index (κ2) is 11.0. The van der Waals surface area contributed by atoms with Gasteiger partial charge in [-0.3, -0.25) is 4.79 Å². The molecule has 1 aromatic carbocycles. The fourth-order valence-electron chi connectivity index (χ4n) is 2.80. The number of carbonyl (C=O) groups is 1. The van der Waals surface area contributed by atoms with Crippen molar-refractivity contribution in [1.29, 1.82) is 0 Å². The van der Waals surface area contributed by atoms with Gasteiger partial charge in [-0.1, -0.05) is 37.7 Å². The summed E-state index contributed by atoms with van der Waals surface area (Å²) in [5, 5.41) is 12.5. The fourth-order valence-corrected chi connectivity index (χ4v) is 3.32. The summed E-state index contributed by atoms with van der Waals surface area (Å²) in [4.78, 5) is 12.1. The molecule has 1 amide bonds. The highest BCUT2D eigenvalue weighted by Gasteiger charge is 2.12. The monoisotopic (exact) mass is 390 g/mol. The summed E-state index contributed by atoms with van der Waals surface area (Å²) in [7, 11) is 0. The van der Waals surface area contributed by atoms with Crippen LogP contribution in [0.25, 0.3) is 0 Å². The highest BCUT2D eigenvalue weighted by molar-refractivity contribution is 7.98. The van der Waals surface area contributed by atoms with Crippen LogP contribution >= 0.6 is 11.8 Å². The molecule has 148 valence electrons. The van der Waals surface area contributed by atoms with Crippen molar-refractivity contribution in [2.24, 2.45) is 5.92 Å². The Morgan fingerprint density at radius 2 is 2.00 bits per heavy atom. The lowest BCUT2D eigenvalue weighted by Gasteiger charge is -2.12. The SMILES string of the molecule is CCOc1ccc(CC(=O)NCCCc2nnc(SC)n2CC(C)C)cc1. The molecule has 0 spiro atoms. The van der Waals surface area contributed by atoms with Gasteiger partial charge in [-0.2, -0.15) is 0 Å². The van der Waals surface area contributed by atoms with Crippen molar-refractivity contribution in [2.45, 2.75) is 51.7 Å². The smallest absolute Gasteiger partial charge is 0.224 e. The van der Waals surface area contributed by atoms with Crippen LogP contribution in [0.4, 0.5) is 0 Å². The number of aromatic nitrogens is 3. The molecule has 0 aliphatic rings. The molecule has 27 heavy (non-hydrogen) atoms. The number of nitrogens with zero attached hydrogens (tertiary/aromatic N) is 3. The van der Waals surface area contributed by atoms with E-state index in [4.69, 9.17) is 4.74 Å². The van der Waals surface area contributed by atoms with Crippen molar-refractivity contribution in [2.75, 3.05) is 19.4 Å². The lowest BCUT2D eigenvalue weighted by atomic mass is 10.1. The van der Waals surface area contributed by atoms with Crippen LogP contribution in [0.3, 0.4) is 0 Å². The van der Waals surface area contributed by atoms with Crippen LogP contribution in [0, 0.1) is 5.92 Å². The van der Waals surface area contributed by atoms with Gasteiger partial charge in [-0.05, 0) is 43.2 Å². The van der Waals surface area contributed by atoms with E-state index >= 15 is 0 Å². The maximum absolute atomic E-state index is 12.1. The third-order valence-electron chi connectivity index (χ3n) is 4.02. The minimum absolute atomic E-state index is 0.0348. The summed E-state index contributed by atoms with van der Waals surface area (Å²) in [6.07, 6.45) is 4.06. The topological polar surface area (TPSA) is 69.0 Å². The zero-order valence-corrected chi connectivity index (χ0v) is 17.5. The number of ether oxygens (including phenoxy) is 1. The predicted octanol–water partition coefficient (Wildman–Crippen LogP) is 3.35. The lowest BCUT2D eigenvalue weighted by molar-refractivity contribution is -0.120. The van der Waals surface area contributed by atoms with Crippen molar-refractivity contribution in [3.8, 4) is 5.75 Å². The number of hydrogen-bond donors (Lipinski definition) is 1. The molecule has 2 aromatic rings. The second-order valence-electron chi connectivity index (χ2n) is 6.81. The maximum Gasteiger partial charge on any atom is 0.224 e. The number of thioether (sulfide) groups is 1. The van der Waals surface area contributed by atoms with E-state index in [1.54, 1.807) is 11.8 Å². The van der Waals surface area contributed by atoms with E-state index in [9.17, 15) is 4.79 Å². The van der Waals surface area contributed by atoms with Gasteiger partial charge >= 0.3 is 0 Å². The zero-order valence-electron chi connectivity index (χ0n) is 16.7. The van der Waals surface area contributed by atoms with Crippen LogP contribution in [0.5, 0.6) is 5.75 Å². The number of nitrogens with one attached hydrogen (secondary N) is 1. The maximum atomic E-state index is 12.1. The first-order valence-corrected chi connectivity index (χ1v) is 10.7. The summed E-state index contributed by atoms with van der Waals surface area (Å²) in [5.41, 5.74) is 0.984. The van der Waals surface area contributed by atoms with Gasteiger partial charge < -0.3 is 14.6 Å². The molecule has 0 saturated heterocycles. The van der Waals surface area contributed by atoms with Crippen LogP contribution in [0.15, 0.2) is 29.4 Å². The minimum atomic E-state index is 0.0348. The van der Waals surface area contributed by atoms with Crippen molar-refractivity contribution in [1.82, 2.24) is 20.1 Å². The minimum Gasteiger partial charge on any atom is -0.494 e. The summed E-state index contributed by atoms with van der Waals surface area (Å²) in [5.74, 6) is 2.40. The van der Waals surface area contributed by atoms with Gasteiger partial charge in [0.2, 0.25) is 5.91 Å². The molecule has 0 fully saturated rings. The van der Waals surface area contributed by atoms with Gasteiger partial charge in [-0.15, -0.1) is 10.2 Å². The molecule has 0 saturated carbocycles. The third-order valence-corrected chi connectivity index (χ3v) is 4.69. The molecule has 1 aromatic heterocycles. The summed E-state index contributed by atoms with van der Waals surface area (Å²) >= 11 is 1.62. The van der Waals surface area contributed by atoms with Gasteiger partial charge in [0.25, 0.3) is 0 Å². The van der Waals surface area contributed by atoms with Crippen LogP contribution < -0.4 is 10.1 Å². The predicted molar refractivity (Wildman–Crippen MR) is 109 cm³/mol. The van der Waals surface area contributed by atoms with Gasteiger partial charge in [0.1, 0.15) is 11.6 Å². The Morgan fingerprint density at radius 1 is 1.26 bits per heavy atom. The molecule has 0 unspecified atom stereocenters. The Hall–Kier alpha value is -2.02. The normalized spacial score (nSPS) is 11.0. The van der Waals surface area contributed by atoms with Crippen LogP contribution in [-0.4, -0.2) is 40.1 Å². The fraction of sp³-hybridized carbons (Fsp3) is 0.550. The molecule has 1 N–H and O–H groups in total. The van der Waals surface area contributed by atoms with Crippen molar-refractivity contribution < 1.29 is 9.53 Å². The molecular formula is C20H30N4O2S. The number of amides is 1. The van der Waals surface area contributed by atoms with Crippen molar-refractivity contribution in [3.63, 3.8) is 0 Å². The van der Waals surface area contributed by atoms with E-state index < -0.39 is 0 Å². The molecule has 0 aliphatic heterocycles.